The highest BCUT2D eigenvalue weighted by molar-refractivity contribution is 7.15. The highest BCUT2D eigenvalue weighted by atomic mass is 32.1. The molecule has 2 aromatic heterocycles. The Kier molecular flexibility index (Phi) is 6.12. The third-order valence-corrected chi connectivity index (χ3v) is 9.60. The number of aliphatic hydroxyl groups excluding tert-OH is 1. The molecule has 30 heavy (non-hydrogen) atoms. The Morgan fingerprint density at radius 3 is 2.77 bits per heavy atom. The molecule has 2 aliphatic rings. The smallest absolute Gasteiger partial charge is 0.225 e. The Bertz CT molecular complexity index is 889. The van der Waals surface area contributed by atoms with Gasteiger partial charge in [-0.05, 0) is 61.8 Å². The fraction of sp³-hybridized carbons (Fsp3) is 0.667. The first-order valence-electron chi connectivity index (χ1n) is 11.3. The van der Waals surface area contributed by atoms with Crippen molar-refractivity contribution in [2.24, 2.45) is 23.2 Å². The van der Waals surface area contributed by atoms with E-state index in [1.807, 2.05) is 37.0 Å². The molecule has 2 aromatic rings. The van der Waals surface area contributed by atoms with E-state index >= 15 is 0 Å². The number of amides is 1. The molecule has 0 aliphatic heterocycles. The van der Waals surface area contributed by atoms with Crippen molar-refractivity contribution in [1.29, 1.82) is 0 Å². The monoisotopic (exact) mass is 446 g/mol. The molecule has 0 aromatic carbocycles. The van der Waals surface area contributed by atoms with E-state index in [9.17, 15) is 9.90 Å². The average molecular weight is 447 g/mol. The van der Waals surface area contributed by atoms with Gasteiger partial charge in [-0.1, -0.05) is 20.8 Å². The van der Waals surface area contributed by atoms with Crippen LogP contribution >= 0.6 is 22.7 Å². The molecule has 0 spiro atoms. The number of hydrogen-bond acceptors (Lipinski definition) is 5. The van der Waals surface area contributed by atoms with Crippen molar-refractivity contribution >= 4 is 28.6 Å². The highest BCUT2D eigenvalue weighted by Crippen LogP contribution is 2.57. The molecule has 1 fully saturated rings. The molecule has 4 rings (SSSR count). The van der Waals surface area contributed by atoms with Crippen LogP contribution in [0, 0.1) is 23.2 Å². The zero-order valence-corrected chi connectivity index (χ0v) is 20.4. The Labute approximate surface area is 188 Å². The van der Waals surface area contributed by atoms with Crippen molar-refractivity contribution in [1.82, 2.24) is 9.88 Å². The van der Waals surface area contributed by atoms with Crippen LogP contribution in [0.4, 0.5) is 0 Å². The fourth-order valence-electron chi connectivity index (χ4n) is 6.06. The number of aliphatic hydroxyl groups is 1. The van der Waals surface area contributed by atoms with E-state index in [2.05, 4.69) is 30.7 Å². The van der Waals surface area contributed by atoms with Gasteiger partial charge in [0.05, 0.1) is 11.8 Å². The van der Waals surface area contributed by atoms with Gasteiger partial charge in [0, 0.05) is 40.7 Å². The number of fused-ring (bicyclic) bond motifs is 2. The van der Waals surface area contributed by atoms with Gasteiger partial charge in [0.15, 0.2) is 0 Å². The summed E-state index contributed by atoms with van der Waals surface area (Å²) in [5.41, 5.74) is 2.45. The van der Waals surface area contributed by atoms with Crippen molar-refractivity contribution in [3.63, 3.8) is 0 Å². The van der Waals surface area contributed by atoms with E-state index in [1.54, 1.807) is 11.3 Å². The minimum atomic E-state index is -0.465. The normalized spacial score (nSPS) is 31.7. The predicted octanol–water partition coefficient (Wildman–Crippen LogP) is 5.43. The molecule has 0 unspecified atom stereocenters. The lowest BCUT2D eigenvalue weighted by Crippen LogP contribution is -2.53. The van der Waals surface area contributed by atoms with Crippen LogP contribution in [-0.4, -0.2) is 40.1 Å². The van der Waals surface area contributed by atoms with Crippen molar-refractivity contribution in [3.05, 3.63) is 27.4 Å². The first-order valence-corrected chi connectivity index (χ1v) is 13.1. The van der Waals surface area contributed by atoms with E-state index < -0.39 is 6.10 Å². The Morgan fingerprint density at radius 2 is 2.13 bits per heavy atom. The highest BCUT2D eigenvalue weighted by Gasteiger charge is 2.54. The van der Waals surface area contributed by atoms with E-state index in [0.29, 0.717) is 0 Å². The summed E-state index contributed by atoms with van der Waals surface area (Å²) in [7, 11) is 0. The molecular weight excluding hydrogens is 412 g/mol. The summed E-state index contributed by atoms with van der Waals surface area (Å²) in [6.45, 7) is 12.1. The maximum absolute atomic E-state index is 13.0. The molecule has 4 nitrogen and oxygen atoms in total. The van der Waals surface area contributed by atoms with E-state index in [4.69, 9.17) is 4.98 Å². The molecule has 2 heterocycles. The SMILES string of the molecule is CCN(CC)C(=O)[C@@H](C)[C@@H]1CC[C@]2(C)Cc3sc(-c4ccsc4)nc3[C@@H](C)[C@@H]2[C@H]1O. The molecular formula is C24H34N2O2S2. The fourth-order valence-corrected chi connectivity index (χ4v) is 8.14. The summed E-state index contributed by atoms with van der Waals surface area (Å²) < 4.78 is 0. The van der Waals surface area contributed by atoms with Gasteiger partial charge in [0.25, 0.3) is 0 Å². The molecule has 0 saturated heterocycles. The Morgan fingerprint density at radius 1 is 1.40 bits per heavy atom. The van der Waals surface area contributed by atoms with Gasteiger partial charge in [0.2, 0.25) is 5.91 Å². The van der Waals surface area contributed by atoms with E-state index in [1.165, 1.54) is 16.1 Å². The molecule has 1 amide bonds. The van der Waals surface area contributed by atoms with Crippen LogP contribution in [0.3, 0.4) is 0 Å². The summed E-state index contributed by atoms with van der Waals surface area (Å²) in [6.07, 6.45) is 2.50. The first-order chi connectivity index (χ1) is 14.3. The van der Waals surface area contributed by atoms with Gasteiger partial charge >= 0.3 is 0 Å². The molecule has 0 bridgehead atoms. The molecule has 0 radical (unpaired) electrons. The molecule has 6 heteroatoms. The molecule has 164 valence electrons. The molecule has 2 aliphatic carbocycles. The number of hydrogen-bond donors (Lipinski definition) is 1. The van der Waals surface area contributed by atoms with Crippen molar-refractivity contribution in [2.45, 2.75) is 65.9 Å². The zero-order chi connectivity index (χ0) is 21.6. The number of carbonyl (C=O) groups excluding carboxylic acids is 1. The summed E-state index contributed by atoms with van der Waals surface area (Å²) >= 11 is 3.53. The van der Waals surface area contributed by atoms with Gasteiger partial charge < -0.3 is 10.0 Å². The summed E-state index contributed by atoms with van der Waals surface area (Å²) in [5, 5.41) is 16.9. The number of rotatable bonds is 5. The first kappa shape index (κ1) is 22.0. The number of nitrogens with zero attached hydrogens (tertiary/aromatic N) is 2. The van der Waals surface area contributed by atoms with Gasteiger partial charge in [-0.25, -0.2) is 4.98 Å². The van der Waals surface area contributed by atoms with E-state index in [-0.39, 0.29) is 35.0 Å². The molecule has 1 saturated carbocycles. The van der Waals surface area contributed by atoms with Gasteiger partial charge in [-0.2, -0.15) is 11.3 Å². The van der Waals surface area contributed by atoms with Crippen LogP contribution in [0.15, 0.2) is 16.8 Å². The van der Waals surface area contributed by atoms with E-state index in [0.717, 1.165) is 37.4 Å². The van der Waals surface area contributed by atoms with Crippen LogP contribution in [0.5, 0.6) is 0 Å². The van der Waals surface area contributed by atoms with Gasteiger partial charge in [-0.15, -0.1) is 11.3 Å². The average Bonchev–Trinajstić information content (AvgIpc) is 3.38. The molecule has 1 N–H and O–H groups in total. The second-order valence-corrected chi connectivity index (χ2v) is 11.3. The second kappa shape index (κ2) is 8.36. The van der Waals surface area contributed by atoms with Crippen LogP contribution < -0.4 is 0 Å². The number of aromatic nitrogens is 1. The van der Waals surface area contributed by atoms with Crippen LogP contribution in [0.1, 0.15) is 63.9 Å². The maximum Gasteiger partial charge on any atom is 0.225 e. The number of thiazole rings is 1. The standard InChI is InChI=1S/C24H34N2O2S2/c1-6-26(7-2)23(28)14(3)17-8-10-24(5)12-18-20(15(4)19(24)21(17)27)25-22(30-18)16-9-11-29-13-16/h9,11,13-15,17,19,21,27H,6-8,10,12H2,1-5H3/t14-,15-,17-,19+,21-,24+/m0/s1. The summed E-state index contributed by atoms with van der Waals surface area (Å²) in [5.74, 6) is 0.416. The van der Waals surface area contributed by atoms with Gasteiger partial charge in [-0.3, -0.25) is 4.79 Å². The van der Waals surface area contributed by atoms with Crippen LogP contribution in [0.25, 0.3) is 10.6 Å². The lowest BCUT2D eigenvalue weighted by atomic mass is 9.53. The van der Waals surface area contributed by atoms with Crippen molar-refractivity contribution < 1.29 is 9.90 Å². The predicted molar refractivity (Wildman–Crippen MR) is 125 cm³/mol. The zero-order valence-electron chi connectivity index (χ0n) is 18.7. The topological polar surface area (TPSA) is 53.4 Å². The van der Waals surface area contributed by atoms with Crippen LogP contribution in [-0.2, 0) is 11.2 Å². The largest absolute Gasteiger partial charge is 0.392 e. The lowest BCUT2D eigenvalue weighted by Gasteiger charge is -2.53. The van der Waals surface area contributed by atoms with Gasteiger partial charge in [0.1, 0.15) is 5.01 Å². The number of carbonyl (C=O) groups is 1. The minimum Gasteiger partial charge on any atom is -0.392 e. The number of thiophene rings is 1. The van der Waals surface area contributed by atoms with Crippen LogP contribution in [0.2, 0.25) is 0 Å². The summed E-state index contributed by atoms with van der Waals surface area (Å²) in [6, 6.07) is 2.14. The van der Waals surface area contributed by atoms with Crippen molar-refractivity contribution in [2.75, 3.05) is 13.1 Å². The second-order valence-electron chi connectivity index (χ2n) is 9.48. The molecule has 6 atom stereocenters. The minimum absolute atomic E-state index is 0.0233. The maximum atomic E-state index is 13.0. The lowest BCUT2D eigenvalue weighted by molar-refractivity contribution is -0.144. The quantitative estimate of drug-likeness (QED) is 0.666. The summed E-state index contributed by atoms with van der Waals surface area (Å²) in [4.78, 5) is 21.3. The Balaban J connectivity index is 1.62. The van der Waals surface area contributed by atoms with Crippen molar-refractivity contribution in [3.8, 4) is 10.6 Å². The third-order valence-electron chi connectivity index (χ3n) is 7.80. The third kappa shape index (κ3) is 3.55. The Hall–Kier alpha value is -1.24.